The number of aromatic nitrogens is 2. The number of aryl methyl sites for hydroxylation is 1. The van der Waals surface area contributed by atoms with Gasteiger partial charge in [0.2, 0.25) is 0 Å². The van der Waals surface area contributed by atoms with Crippen LogP contribution in [0, 0.1) is 6.92 Å². The Morgan fingerprint density at radius 1 is 1.24 bits per heavy atom. The van der Waals surface area contributed by atoms with Gasteiger partial charge in [0.15, 0.2) is 0 Å². The average molecular weight is 355 g/mol. The number of nitrogens with zero attached hydrogens (tertiary/aromatic N) is 1. The Labute approximate surface area is 140 Å². The van der Waals surface area contributed by atoms with Crippen molar-refractivity contribution in [2.75, 3.05) is 6.61 Å². The lowest BCUT2D eigenvalue weighted by molar-refractivity contribution is -0.137. The van der Waals surface area contributed by atoms with Gasteiger partial charge in [-0.3, -0.25) is 9.59 Å². The normalized spacial score (nSPS) is 14.0. The summed E-state index contributed by atoms with van der Waals surface area (Å²) in [6.07, 6.45) is -4.48. The summed E-state index contributed by atoms with van der Waals surface area (Å²) < 4.78 is 37.9. The minimum atomic E-state index is -4.48. The van der Waals surface area contributed by atoms with Crippen LogP contribution in [0.3, 0.4) is 0 Å². The lowest BCUT2D eigenvalue weighted by atomic mass is 9.91. The number of amides is 1. The van der Waals surface area contributed by atoms with Crippen molar-refractivity contribution in [3.63, 3.8) is 0 Å². The summed E-state index contributed by atoms with van der Waals surface area (Å²) in [5.74, 6) is -0.497. The minimum absolute atomic E-state index is 0.159. The zero-order chi connectivity index (χ0) is 18.8. The number of benzene rings is 1. The molecule has 0 aliphatic heterocycles. The molecule has 1 amide bonds. The highest BCUT2D eigenvalue weighted by Crippen LogP contribution is 2.31. The summed E-state index contributed by atoms with van der Waals surface area (Å²) in [4.78, 5) is 30.0. The number of rotatable bonds is 4. The highest BCUT2D eigenvalue weighted by Gasteiger charge is 2.33. The molecule has 0 aliphatic rings. The topological polar surface area (TPSA) is 95.1 Å². The molecular weight excluding hydrogens is 339 g/mol. The van der Waals surface area contributed by atoms with Gasteiger partial charge in [-0.1, -0.05) is 12.1 Å². The first-order chi connectivity index (χ1) is 11.5. The molecular formula is C16H16F3N3O3. The van der Waals surface area contributed by atoms with Gasteiger partial charge >= 0.3 is 6.18 Å². The standard InChI is InChI=1S/C16H16F3N3O3/c1-9-20-12(7-13(24)21-9)14(25)22-15(2,8-23)10-3-5-11(6-4-10)16(17,18)19/h3-7,23H,8H2,1-2H3,(H,22,25)(H,20,21,24)/t15-/m1/s1. The molecule has 3 N–H and O–H groups in total. The second-order valence-corrected chi connectivity index (χ2v) is 5.74. The van der Waals surface area contributed by atoms with E-state index in [-0.39, 0.29) is 17.1 Å². The van der Waals surface area contributed by atoms with Gasteiger partial charge in [0.05, 0.1) is 17.7 Å². The third kappa shape index (κ3) is 4.24. The largest absolute Gasteiger partial charge is 0.416 e. The van der Waals surface area contributed by atoms with Crippen LogP contribution < -0.4 is 10.9 Å². The number of H-pyrrole nitrogens is 1. The molecule has 0 saturated carbocycles. The van der Waals surface area contributed by atoms with E-state index >= 15 is 0 Å². The number of carbonyl (C=O) groups excluding carboxylic acids is 1. The third-order valence-electron chi connectivity index (χ3n) is 3.65. The molecule has 6 nitrogen and oxygen atoms in total. The highest BCUT2D eigenvalue weighted by molar-refractivity contribution is 5.92. The SMILES string of the molecule is Cc1nc(C(=O)N[C@](C)(CO)c2ccc(C(F)(F)F)cc2)cc(=O)[nH]1. The monoisotopic (exact) mass is 355 g/mol. The second-order valence-electron chi connectivity index (χ2n) is 5.74. The van der Waals surface area contributed by atoms with Crippen molar-refractivity contribution in [1.29, 1.82) is 0 Å². The summed E-state index contributed by atoms with van der Waals surface area (Å²) in [6.45, 7) is 2.39. The first-order valence-electron chi connectivity index (χ1n) is 7.24. The Bertz CT molecular complexity index is 831. The van der Waals surface area contributed by atoms with E-state index in [1.165, 1.54) is 26.0 Å². The second kappa shape index (κ2) is 6.67. The Morgan fingerprint density at radius 2 is 1.80 bits per heavy atom. The molecule has 1 aromatic heterocycles. The molecule has 25 heavy (non-hydrogen) atoms. The number of hydrogen-bond acceptors (Lipinski definition) is 4. The minimum Gasteiger partial charge on any atom is -0.394 e. The molecule has 0 bridgehead atoms. The quantitative estimate of drug-likeness (QED) is 0.778. The fourth-order valence-electron chi connectivity index (χ4n) is 2.24. The molecule has 2 aromatic rings. The zero-order valence-corrected chi connectivity index (χ0v) is 13.4. The van der Waals surface area contributed by atoms with Crippen LogP contribution in [0.4, 0.5) is 13.2 Å². The van der Waals surface area contributed by atoms with Crippen LogP contribution >= 0.6 is 0 Å². The van der Waals surface area contributed by atoms with Gasteiger partial charge < -0.3 is 15.4 Å². The molecule has 0 spiro atoms. The molecule has 0 radical (unpaired) electrons. The van der Waals surface area contributed by atoms with Crippen molar-refractivity contribution in [3.05, 3.63) is 63.3 Å². The van der Waals surface area contributed by atoms with Gasteiger partial charge in [0, 0.05) is 6.07 Å². The predicted molar refractivity (Wildman–Crippen MR) is 82.9 cm³/mol. The maximum Gasteiger partial charge on any atom is 0.416 e. The molecule has 1 aromatic carbocycles. The first-order valence-corrected chi connectivity index (χ1v) is 7.24. The van der Waals surface area contributed by atoms with Crippen LogP contribution in [0.5, 0.6) is 0 Å². The van der Waals surface area contributed by atoms with Gasteiger partial charge in [0.25, 0.3) is 11.5 Å². The Balaban J connectivity index is 2.30. The van der Waals surface area contributed by atoms with Gasteiger partial charge in [0.1, 0.15) is 11.5 Å². The van der Waals surface area contributed by atoms with Gasteiger partial charge in [-0.15, -0.1) is 0 Å². The Morgan fingerprint density at radius 3 is 2.28 bits per heavy atom. The van der Waals surface area contributed by atoms with E-state index in [0.717, 1.165) is 18.2 Å². The fraction of sp³-hybridized carbons (Fsp3) is 0.312. The molecule has 0 aliphatic carbocycles. The number of hydrogen-bond donors (Lipinski definition) is 3. The molecule has 1 atom stereocenters. The highest BCUT2D eigenvalue weighted by atomic mass is 19.4. The molecule has 0 saturated heterocycles. The van der Waals surface area contributed by atoms with E-state index in [0.29, 0.717) is 0 Å². The molecule has 134 valence electrons. The number of alkyl halides is 3. The summed E-state index contributed by atoms with van der Waals surface area (Å²) in [5.41, 5.74) is -2.59. The van der Waals surface area contributed by atoms with Gasteiger partial charge in [-0.05, 0) is 31.5 Å². The summed E-state index contributed by atoms with van der Waals surface area (Å²) in [5, 5.41) is 12.2. The van der Waals surface area contributed by atoms with Crippen molar-refractivity contribution in [3.8, 4) is 0 Å². The molecule has 1 heterocycles. The van der Waals surface area contributed by atoms with Crippen LogP contribution in [0.15, 0.2) is 35.1 Å². The predicted octanol–water partition coefficient (Wildman–Crippen LogP) is 1.73. The first kappa shape index (κ1) is 18.7. The molecule has 0 unspecified atom stereocenters. The number of aliphatic hydroxyl groups excluding tert-OH is 1. The Hall–Kier alpha value is -2.68. The van der Waals surface area contributed by atoms with Crippen molar-refractivity contribution >= 4 is 5.91 Å². The number of halogens is 3. The number of nitrogens with one attached hydrogen (secondary N) is 2. The maximum absolute atomic E-state index is 12.6. The smallest absolute Gasteiger partial charge is 0.394 e. The van der Waals surface area contributed by atoms with Crippen molar-refractivity contribution in [2.24, 2.45) is 0 Å². The van der Waals surface area contributed by atoms with E-state index in [4.69, 9.17) is 0 Å². The van der Waals surface area contributed by atoms with Crippen molar-refractivity contribution in [2.45, 2.75) is 25.6 Å². The van der Waals surface area contributed by atoms with Crippen LogP contribution in [0.2, 0.25) is 0 Å². The lowest BCUT2D eigenvalue weighted by Crippen LogP contribution is -2.46. The fourth-order valence-corrected chi connectivity index (χ4v) is 2.24. The van der Waals surface area contributed by atoms with E-state index in [1.807, 2.05) is 0 Å². The van der Waals surface area contributed by atoms with E-state index in [2.05, 4.69) is 15.3 Å². The molecule has 9 heteroatoms. The Kier molecular flexibility index (Phi) is 4.98. The van der Waals surface area contributed by atoms with Crippen LogP contribution in [0.1, 0.15) is 34.4 Å². The summed E-state index contributed by atoms with van der Waals surface area (Å²) in [6, 6.07) is 5.08. The number of aromatic amines is 1. The van der Waals surface area contributed by atoms with Crippen LogP contribution in [-0.2, 0) is 11.7 Å². The third-order valence-corrected chi connectivity index (χ3v) is 3.65. The maximum atomic E-state index is 12.6. The average Bonchev–Trinajstić information content (AvgIpc) is 2.53. The number of carbonyl (C=O) groups is 1. The van der Waals surface area contributed by atoms with Crippen LogP contribution in [-0.4, -0.2) is 27.6 Å². The van der Waals surface area contributed by atoms with Crippen molar-refractivity contribution in [1.82, 2.24) is 15.3 Å². The molecule has 0 fully saturated rings. The molecule has 2 rings (SSSR count). The summed E-state index contributed by atoms with van der Waals surface area (Å²) in [7, 11) is 0. The summed E-state index contributed by atoms with van der Waals surface area (Å²) >= 11 is 0. The van der Waals surface area contributed by atoms with Crippen molar-refractivity contribution < 1.29 is 23.1 Å². The van der Waals surface area contributed by atoms with E-state index in [9.17, 15) is 27.9 Å². The van der Waals surface area contributed by atoms with E-state index in [1.54, 1.807) is 0 Å². The van der Waals surface area contributed by atoms with E-state index < -0.39 is 35.4 Å². The van der Waals surface area contributed by atoms with Gasteiger partial charge in [-0.2, -0.15) is 13.2 Å². The van der Waals surface area contributed by atoms with Crippen LogP contribution in [0.25, 0.3) is 0 Å². The zero-order valence-electron chi connectivity index (χ0n) is 13.4. The lowest BCUT2D eigenvalue weighted by Gasteiger charge is -2.29. The van der Waals surface area contributed by atoms with Gasteiger partial charge in [-0.25, -0.2) is 4.98 Å². The number of aliphatic hydroxyl groups is 1.